The van der Waals surface area contributed by atoms with E-state index in [1.807, 2.05) is 5.92 Å². The van der Waals surface area contributed by atoms with Crippen LogP contribution < -0.4 is 0 Å². The lowest BCUT2D eigenvalue weighted by molar-refractivity contribution is 0.446. The second-order valence-electron chi connectivity index (χ2n) is 6.32. The Bertz CT molecular complexity index is 161. The van der Waals surface area contributed by atoms with E-state index in [0.717, 1.165) is 5.92 Å². The lowest BCUT2D eigenvalue weighted by atomic mass is 9.82. The Labute approximate surface area is 123 Å². The third kappa shape index (κ3) is 11.5. The molecule has 0 heterocycles. The highest BCUT2D eigenvalue weighted by Gasteiger charge is 2.16. The highest BCUT2D eigenvalue weighted by Crippen LogP contribution is 2.30. The van der Waals surface area contributed by atoms with Gasteiger partial charge in [-0.15, -0.1) is 0 Å². The molecule has 0 fully saturated rings. The van der Waals surface area contributed by atoms with Gasteiger partial charge in [0.15, 0.2) is 0 Å². The van der Waals surface area contributed by atoms with Gasteiger partial charge in [0.2, 0.25) is 0 Å². The summed E-state index contributed by atoms with van der Waals surface area (Å²) in [5, 5.41) is 0. The summed E-state index contributed by atoms with van der Waals surface area (Å²) in [7, 11) is 0. The molecule has 0 amide bonds. The third-order valence-corrected chi connectivity index (χ3v) is 4.37. The molecule has 0 aromatic carbocycles. The van der Waals surface area contributed by atoms with Gasteiger partial charge in [0.1, 0.15) is 0 Å². The van der Waals surface area contributed by atoms with E-state index in [4.69, 9.17) is 0 Å². The van der Waals surface area contributed by atoms with E-state index in [0.29, 0.717) is 0 Å². The van der Waals surface area contributed by atoms with Gasteiger partial charge >= 0.3 is 0 Å². The average molecular weight is 268 g/mol. The maximum absolute atomic E-state index is 2.46. The largest absolute Gasteiger partial charge is 0.0654 e. The van der Waals surface area contributed by atoms with Crippen LogP contribution in [0.4, 0.5) is 0 Å². The molecule has 0 rings (SSSR count). The van der Waals surface area contributed by atoms with E-state index in [1.54, 1.807) is 0 Å². The minimum atomic E-state index is 0.873. The predicted octanol–water partition coefficient (Wildman–Crippen LogP) is 7.33. The topological polar surface area (TPSA) is 0 Å². The maximum Gasteiger partial charge on any atom is -0.0213 e. The Hall–Kier alpha value is 0. The standard InChI is InChI=1S/C19H39/c1-5-8-10-12-14-17-19(18(4)15-7-3)16-13-11-9-6-2/h18H,5-17H2,1-4H3. The Morgan fingerprint density at radius 2 is 1.11 bits per heavy atom. The zero-order valence-corrected chi connectivity index (χ0v) is 14.3. The SMILES string of the molecule is CCCCCCC[C](CCCCCC)C(C)CCC. The fourth-order valence-corrected chi connectivity index (χ4v) is 2.99. The molecule has 0 nitrogen and oxygen atoms in total. The van der Waals surface area contributed by atoms with E-state index in [1.165, 1.54) is 83.5 Å². The molecule has 0 N–H and O–H groups in total. The van der Waals surface area contributed by atoms with Gasteiger partial charge in [-0.3, -0.25) is 0 Å². The summed E-state index contributed by atoms with van der Waals surface area (Å²) in [6.07, 6.45) is 18.4. The molecule has 0 aliphatic carbocycles. The van der Waals surface area contributed by atoms with E-state index in [2.05, 4.69) is 27.7 Å². The molecule has 0 aromatic rings. The monoisotopic (exact) mass is 267 g/mol. The summed E-state index contributed by atoms with van der Waals surface area (Å²) < 4.78 is 0. The smallest absolute Gasteiger partial charge is 0.0213 e. The molecule has 0 bridgehead atoms. The van der Waals surface area contributed by atoms with Crippen molar-refractivity contribution in [3.63, 3.8) is 0 Å². The van der Waals surface area contributed by atoms with Crippen LogP contribution in [-0.4, -0.2) is 0 Å². The fraction of sp³-hybridized carbons (Fsp3) is 0.947. The predicted molar refractivity (Wildman–Crippen MR) is 89.5 cm³/mol. The zero-order chi connectivity index (χ0) is 14.3. The summed E-state index contributed by atoms with van der Waals surface area (Å²) in [6, 6.07) is 0. The second kappa shape index (κ2) is 14.4. The van der Waals surface area contributed by atoms with Gasteiger partial charge in [-0.1, -0.05) is 98.3 Å². The first-order valence-electron chi connectivity index (χ1n) is 9.10. The molecular formula is C19H39. The minimum Gasteiger partial charge on any atom is -0.0654 e. The van der Waals surface area contributed by atoms with Crippen LogP contribution in [0.15, 0.2) is 0 Å². The lowest BCUT2D eigenvalue weighted by Crippen LogP contribution is -2.09. The van der Waals surface area contributed by atoms with Crippen molar-refractivity contribution in [1.82, 2.24) is 0 Å². The first-order chi connectivity index (χ1) is 9.26. The van der Waals surface area contributed by atoms with E-state index in [9.17, 15) is 0 Å². The van der Waals surface area contributed by atoms with Crippen LogP contribution in [0.5, 0.6) is 0 Å². The Balaban J connectivity index is 3.82. The van der Waals surface area contributed by atoms with Crippen molar-refractivity contribution in [2.24, 2.45) is 5.92 Å². The molecule has 0 saturated carbocycles. The number of unbranched alkanes of at least 4 members (excludes halogenated alkanes) is 7. The van der Waals surface area contributed by atoms with Gasteiger partial charge in [0.25, 0.3) is 0 Å². The molecule has 0 aliphatic rings. The second-order valence-corrected chi connectivity index (χ2v) is 6.32. The van der Waals surface area contributed by atoms with Crippen molar-refractivity contribution in [3.05, 3.63) is 5.92 Å². The van der Waals surface area contributed by atoms with Crippen LogP contribution in [0, 0.1) is 11.8 Å². The molecular weight excluding hydrogens is 228 g/mol. The Kier molecular flexibility index (Phi) is 14.4. The zero-order valence-electron chi connectivity index (χ0n) is 14.3. The molecule has 1 radical (unpaired) electrons. The normalized spacial score (nSPS) is 13.1. The summed E-state index contributed by atoms with van der Waals surface area (Å²) in [6.45, 7) is 9.39. The quantitative estimate of drug-likeness (QED) is 0.289. The van der Waals surface area contributed by atoms with Crippen molar-refractivity contribution in [1.29, 1.82) is 0 Å². The van der Waals surface area contributed by atoms with Gasteiger partial charge in [-0.05, 0) is 24.7 Å². The van der Waals surface area contributed by atoms with Gasteiger partial charge in [-0.2, -0.15) is 0 Å². The molecule has 115 valence electrons. The van der Waals surface area contributed by atoms with Gasteiger partial charge in [-0.25, -0.2) is 0 Å². The number of hydrogen-bond donors (Lipinski definition) is 0. The van der Waals surface area contributed by atoms with Crippen molar-refractivity contribution in [2.75, 3.05) is 0 Å². The highest BCUT2D eigenvalue weighted by atomic mass is 14.2. The van der Waals surface area contributed by atoms with Crippen LogP contribution >= 0.6 is 0 Å². The van der Waals surface area contributed by atoms with Crippen molar-refractivity contribution >= 4 is 0 Å². The van der Waals surface area contributed by atoms with Crippen molar-refractivity contribution in [3.8, 4) is 0 Å². The number of rotatable bonds is 14. The summed E-state index contributed by atoms with van der Waals surface area (Å²) in [5.41, 5.74) is 0. The molecule has 0 aromatic heterocycles. The first-order valence-corrected chi connectivity index (χ1v) is 9.10. The fourth-order valence-electron chi connectivity index (χ4n) is 2.99. The minimum absolute atomic E-state index is 0.873. The average Bonchev–Trinajstić information content (AvgIpc) is 2.41. The van der Waals surface area contributed by atoms with Crippen LogP contribution in [-0.2, 0) is 0 Å². The van der Waals surface area contributed by atoms with Crippen LogP contribution in [0.1, 0.15) is 111 Å². The van der Waals surface area contributed by atoms with Gasteiger partial charge in [0, 0.05) is 0 Å². The molecule has 0 aliphatic heterocycles. The summed E-state index contributed by atoms with van der Waals surface area (Å²) in [5.74, 6) is 2.76. The first kappa shape index (κ1) is 19.0. The van der Waals surface area contributed by atoms with Gasteiger partial charge in [0.05, 0.1) is 0 Å². The van der Waals surface area contributed by atoms with E-state index in [-0.39, 0.29) is 0 Å². The maximum atomic E-state index is 2.46. The Morgan fingerprint density at radius 1 is 0.632 bits per heavy atom. The van der Waals surface area contributed by atoms with E-state index >= 15 is 0 Å². The van der Waals surface area contributed by atoms with Crippen LogP contribution in [0.3, 0.4) is 0 Å². The molecule has 1 atom stereocenters. The molecule has 0 heteroatoms. The molecule has 0 spiro atoms. The van der Waals surface area contributed by atoms with Crippen molar-refractivity contribution in [2.45, 2.75) is 111 Å². The number of hydrogen-bond acceptors (Lipinski definition) is 0. The van der Waals surface area contributed by atoms with Gasteiger partial charge < -0.3 is 0 Å². The summed E-state index contributed by atoms with van der Waals surface area (Å²) in [4.78, 5) is 0. The molecule has 19 heavy (non-hydrogen) atoms. The lowest BCUT2D eigenvalue weighted by Gasteiger charge is -2.23. The van der Waals surface area contributed by atoms with Crippen LogP contribution in [0.2, 0.25) is 0 Å². The van der Waals surface area contributed by atoms with Crippen LogP contribution in [0.25, 0.3) is 0 Å². The summed E-state index contributed by atoms with van der Waals surface area (Å²) >= 11 is 0. The van der Waals surface area contributed by atoms with E-state index < -0.39 is 0 Å². The van der Waals surface area contributed by atoms with Crippen molar-refractivity contribution < 1.29 is 0 Å². The highest BCUT2D eigenvalue weighted by molar-refractivity contribution is 4.94. The molecule has 1 unspecified atom stereocenters. The Morgan fingerprint density at radius 3 is 1.58 bits per heavy atom. The molecule has 0 saturated heterocycles. The third-order valence-electron chi connectivity index (χ3n) is 4.37.